The largest absolute Gasteiger partial charge is 0.275 e. The molecule has 0 bridgehead atoms. The van der Waals surface area contributed by atoms with Gasteiger partial charge in [-0.1, -0.05) is 46.4 Å². The van der Waals surface area contributed by atoms with Gasteiger partial charge in [0.1, 0.15) is 0 Å². The topological polar surface area (TPSA) is 37.4 Å². The Hall–Kier alpha value is -0.480. The van der Waals surface area contributed by atoms with Crippen LogP contribution in [0.4, 0.5) is 0 Å². The Morgan fingerprint density at radius 2 is 1.18 bits per heavy atom. The van der Waals surface area contributed by atoms with Crippen molar-refractivity contribution in [1.82, 2.24) is 4.90 Å². The van der Waals surface area contributed by atoms with E-state index in [0.717, 1.165) is 4.90 Å². The van der Waals surface area contributed by atoms with Gasteiger partial charge in [-0.2, -0.15) is 0 Å². The second-order valence-electron chi connectivity index (χ2n) is 3.36. The van der Waals surface area contributed by atoms with Gasteiger partial charge in [0.25, 0.3) is 11.8 Å². The molecule has 1 aliphatic rings. The zero-order valence-corrected chi connectivity index (χ0v) is 11.5. The molecule has 17 heavy (non-hydrogen) atoms. The van der Waals surface area contributed by atoms with Gasteiger partial charge in [0.15, 0.2) is 0 Å². The average molecular weight is 313 g/mol. The van der Waals surface area contributed by atoms with E-state index in [1.807, 2.05) is 0 Å². The van der Waals surface area contributed by atoms with Crippen molar-refractivity contribution in [1.29, 1.82) is 0 Å². The first-order valence-corrected chi connectivity index (χ1v) is 6.15. The predicted molar refractivity (Wildman–Crippen MR) is 67.5 cm³/mol. The van der Waals surface area contributed by atoms with Crippen LogP contribution in [0, 0.1) is 0 Å². The highest BCUT2D eigenvalue weighted by molar-refractivity contribution is 6.55. The van der Waals surface area contributed by atoms with Crippen molar-refractivity contribution in [2.75, 3.05) is 6.54 Å². The van der Waals surface area contributed by atoms with Crippen LogP contribution in [0.5, 0.6) is 0 Å². The third kappa shape index (κ3) is 1.65. The van der Waals surface area contributed by atoms with Gasteiger partial charge in [0.2, 0.25) is 0 Å². The van der Waals surface area contributed by atoms with Gasteiger partial charge in [-0.3, -0.25) is 14.5 Å². The zero-order valence-electron chi connectivity index (χ0n) is 8.48. The maximum atomic E-state index is 11.9. The third-order valence-electron chi connectivity index (χ3n) is 2.50. The minimum atomic E-state index is -0.502. The molecule has 3 nitrogen and oxygen atoms in total. The van der Waals surface area contributed by atoms with Gasteiger partial charge < -0.3 is 0 Å². The summed E-state index contributed by atoms with van der Waals surface area (Å²) in [5.41, 5.74) is 0.0517. The van der Waals surface area contributed by atoms with Gasteiger partial charge in [-0.15, -0.1) is 0 Å². The van der Waals surface area contributed by atoms with E-state index in [-0.39, 0.29) is 37.8 Å². The number of hydrogen-bond acceptors (Lipinski definition) is 2. The summed E-state index contributed by atoms with van der Waals surface area (Å²) in [4.78, 5) is 24.9. The lowest BCUT2D eigenvalue weighted by Crippen LogP contribution is -2.29. The first-order valence-electron chi connectivity index (χ1n) is 4.63. The molecule has 2 rings (SSSR count). The smallest absolute Gasteiger partial charge is 0.263 e. The van der Waals surface area contributed by atoms with E-state index in [1.54, 1.807) is 6.92 Å². The summed E-state index contributed by atoms with van der Waals surface area (Å²) in [6.07, 6.45) is 0. The molecule has 1 aromatic carbocycles. The molecule has 0 N–H and O–H groups in total. The summed E-state index contributed by atoms with van der Waals surface area (Å²) in [5, 5.41) is -0.108. The number of nitrogens with zero attached hydrogens (tertiary/aromatic N) is 1. The molecular formula is C10H5Cl4NO2. The maximum absolute atomic E-state index is 11.9. The van der Waals surface area contributed by atoms with Crippen LogP contribution in [0.3, 0.4) is 0 Å². The number of fused-ring (bicyclic) bond motifs is 1. The summed E-state index contributed by atoms with van der Waals surface area (Å²) in [5.74, 6) is -1.00. The first kappa shape index (κ1) is 13.0. The monoisotopic (exact) mass is 311 g/mol. The molecule has 0 aliphatic carbocycles. The highest BCUT2D eigenvalue weighted by Gasteiger charge is 2.40. The van der Waals surface area contributed by atoms with E-state index in [0.29, 0.717) is 0 Å². The van der Waals surface area contributed by atoms with Gasteiger partial charge >= 0.3 is 0 Å². The van der Waals surface area contributed by atoms with Crippen LogP contribution in [0.25, 0.3) is 0 Å². The lowest BCUT2D eigenvalue weighted by Gasteiger charge is -2.08. The number of benzene rings is 1. The van der Waals surface area contributed by atoms with E-state index in [2.05, 4.69) is 0 Å². The fourth-order valence-corrected chi connectivity index (χ4v) is 2.70. The van der Waals surface area contributed by atoms with Crippen molar-refractivity contribution in [3.63, 3.8) is 0 Å². The molecule has 0 saturated heterocycles. The molecular weight excluding hydrogens is 308 g/mol. The molecule has 0 aromatic heterocycles. The predicted octanol–water partition coefficient (Wildman–Crippen LogP) is 3.92. The highest BCUT2D eigenvalue weighted by Crippen LogP contribution is 2.44. The summed E-state index contributed by atoms with van der Waals surface area (Å²) in [6.45, 7) is 1.90. The fourth-order valence-electron chi connectivity index (χ4n) is 1.68. The van der Waals surface area contributed by atoms with Crippen molar-refractivity contribution in [2.45, 2.75) is 6.92 Å². The molecule has 1 aliphatic heterocycles. The molecule has 0 spiro atoms. The van der Waals surface area contributed by atoms with Crippen molar-refractivity contribution in [2.24, 2.45) is 0 Å². The van der Waals surface area contributed by atoms with Crippen LogP contribution in [0.1, 0.15) is 27.6 Å². The summed E-state index contributed by atoms with van der Waals surface area (Å²) in [6, 6.07) is 0. The molecule has 0 atom stereocenters. The maximum Gasteiger partial charge on any atom is 0.263 e. The molecule has 0 radical (unpaired) electrons. The Morgan fingerprint density at radius 1 is 0.824 bits per heavy atom. The number of rotatable bonds is 1. The SMILES string of the molecule is CCN1C(=O)c2c(Cl)c(Cl)c(Cl)c(Cl)c2C1=O. The second-order valence-corrected chi connectivity index (χ2v) is 4.87. The molecule has 0 unspecified atom stereocenters. The minimum Gasteiger partial charge on any atom is -0.275 e. The number of hydrogen-bond donors (Lipinski definition) is 0. The van der Waals surface area contributed by atoms with Gasteiger partial charge in [-0.25, -0.2) is 0 Å². The van der Waals surface area contributed by atoms with Crippen molar-refractivity contribution < 1.29 is 9.59 Å². The highest BCUT2D eigenvalue weighted by atomic mass is 35.5. The van der Waals surface area contributed by atoms with E-state index >= 15 is 0 Å². The second kappa shape index (κ2) is 4.32. The minimum absolute atomic E-state index is 0.0174. The van der Waals surface area contributed by atoms with Crippen LogP contribution in [0.2, 0.25) is 20.1 Å². The Bertz CT molecular complexity index is 509. The van der Waals surface area contributed by atoms with Crippen molar-refractivity contribution >= 4 is 58.2 Å². The Kier molecular flexibility index (Phi) is 3.29. The molecule has 0 saturated carbocycles. The molecule has 1 heterocycles. The standard InChI is InChI=1S/C10H5Cl4NO2/c1-2-15-9(16)3-4(10(15)17)6(12)8(14)7(13)5(3)11/h2H2,1H3. The quantitative estimate of drug-likeness (QED) is 0.448. The Balaban J connectivity index is 2.84. The van der Waals surface area contributed by atoms with Crippen LogP contribution < -0.4 is 0 Å². The average Bonchev–Trinajstić information content (AvgIpc) is 2.55. The van der Waals surface area contributed by atoms with E-state index in [1.165, 1.54) is 0 Å². The van der Waals surface area contributed by atoms with Crippen LogP contribution >= 0.6 is 46.4 Å². The molecule has 0 fully saturated rings. The van der Waals surface area contributed by atoms with Crippen molar-refractivity contribution in [3.8, 4) is 0 Å². The number of amides is 2. The Morgan fingerprint density at radius 3 is 1.47 bits per heavy atom. The third-order valence-corrected chi connectivity index (χ3v) is 4.30. The number of carbonyl (C=O) groups is 2. The molecule has 2 amide bonds. The van der Waals surface area contributed by atoms with Gasteiger partial charge in [-0.05, 0) is 6.92 Å². The Labute approximate surface area is 117 Å². The number of imide groups is 1. The summed E-state index contributed by atoms with van der Waals surface area (Å²) < 4.78 is 0. The zero-order chi connectivity index (χ0) is 12.9. The molecule has 7 heteroatoms. The number of halogens is 4. The summed E-state index contributed by atoms with van der Waals surface area (Å²) in [7, 11) is 0. The van der Waals surface area contributed by atoms with E-state index in [4.69, 9.17) is 46.4 Å². The summed E-state index contributed by atoms with van der Waals surface area (Å²) >= 11 is 23.5. The van der Waals surface area contributed by atoms with Crippen LogP contribution in [-0.4, -0.2) is 23.3 Å². The van der Waals surface area contributed by atoms with Crippen LogP contribution in [0.15, 0.2) is 0 Å². The first-order chi connectivity index (χ1) is 7.91. The molecule has 1 aromatic rings. The fraction of sp³-hybridized carbons (Fsp3) is 0.200. The lowest BCUT2D eigenvalue weighted by molar-refractivity contribution is 0.0663. The molecule has 90 valence electrons. The lowest BCUT2D eigenvalue weighted by atomic mass is 10.1. The van der Waals surface area contributed by atoms with Crippen molar-refractivity contribution in [3.05, 3.63) is 31.2 Å². The van der Waals surface area contributed by atoms with E-state index < -0.39 is 11.8 Å². The van der Waals surface area contributed by atoms with Crippen LogP contribution in [-0.2, 0) is 0 Å². The number of carbonyl (C=O) groups excluding carboxylic acids is 2. The van der Waals surface area contributed by atoms with Gasteiger partial charge in [0.05, 0.1) is 31.2 Å². The van der Waals surface area contributed by atoms with Gasteiger partial charge in [0, 0.05) is 6.54 Å². The normalized spacial score (nSPS) is 14.5. The van der Waals surface area contributed by atoms with E-state index in [9.17, 15) is 9.59 Å².